The van der Waals surface area contributed by atoms with Gasteiger partial charge in [0.1, 0.15) is 0 Å². The highest BCUT2D eigenvalue weighted by atomic mass is 35.5. The van der Waals surface area contributed by atoms with Crippen molar-refractivity contribution in [3.63, 3.8) is 0 Å². The SMILES string of the molecule is CCC(CC)(CO)NC(=O)C(C)Sc1ccc(Cl)cc1. The Hall–Kier alpha value is -0.710. The third-order valence-electron chi connectivity index (χ3n) is 3.54. The number of carbonyl (C=O) groups is 1. The normalized spacial score (nSPS) is 13.1. The third kappa shape index (κ3) is 4.69. The first kappa shape index (κ1) is 17.3. The Morgan fingerprint density at radius 1 is 1.35 bits per heavy atom. The molecule has 2 N–H and O–H groups in total. The van der Waals surface area contributed by atoms with Crippen LogP contribution in [-0.2, 0) is 4.79 Å². The Labute approximate surface area is 130 Å². The number of aliphatic hydroxyl groups excluding tert-OH is 1. The lowest BCUT2D eigenvalue weighted by atomic mass is 9.94. The van der Waals surface area contributed by atoms with Crippen molar-refractivity contribution in [2.75, 3.05) is 6.61 Å². The summed E-state index contributed by atoms with van der Waals surface area (Å²) in [7, 11) is 0. The summed E-state index contributed by atoms with van der Waals surface area (Å²) in [5.41, 5.74) is -0.508. The van der Waals surface area contributed by atoms with Crippen molar-refractivity contribution in [1.29, 1.82) is 0 Å². The zero-order chi connectivity index (χ0) is 15.2. The molecule has 0 aliphatic carbocycles. The fourth-order valence-corrected chi connectivity index (χ4v) is 2.82. The second-order valence-corrected chi connectivity index (χ2v) is 6.70. The van der Waals surface area contributed by atoms with Crippen LogP contribution in [0.25, 0.3) is 0 Å². The van der Waals surface area contributed by atoms with E-state index in [0.29, 0.717) is 17.9 Å². The Balaban J connectivity index is 2.65. The molecule has 1 aromatic carbocycles. The van der Waals surface area contributed by atoms with E-state index < -0.39 is 5.54 Å². The van der Waals surface area contributed by atoms with Crippen molar-refractivity contribution < 1.29 is 9.90 Å². The van der Waals surface area contributed by atoms with Crippen LogP contribution < -0.4 is 5.32 Å². The molecule has 1 rings (SSSR count). The Morgan fingerprint density at radius 2 is 1.90 bits per heavy atom. The maximum absolute atomic E-state index is 12.2. The number of benzene rings is 1. The Morgan fingerprint density at radius 3 is 2.35 bits per heavy atom. The topological polar surface area (TPSA) is 49.3 Å². The Bertz CT molecular complexity index is 424. The van der Waals surface area contributed by atoms with E-state index >= 15 is 0 Å². The van der Waals surface area contributed by atoms with Crippen LogP contribution in [0.3, 0.4) is 0 Å². The summed E-state index contributed by atoms with van der Waals surface area (Å²) in [6.45, 7) is 5.76. The third-order valence-corrected chi connectivity index (χ3v) is 4.90. The summed E-state index contributed by atoms with van der Waals surface area (Å²) in [6.07, 6.45) is 1.42. The van der Waals surface area contributed by atoms with Crippen LogP contribution in [0.5, 0.6) is 0 Å². The van der Waals surface area contributed by atoms with Gasteiger partial charge in [-0.25, -0.2) is 0 Å². The molecular formula is C15H22ClNO2S. The minimum absolute atomic E-state index is 0.0376. The molecule has 1 atom stereocenters. The van der Waals surface area contributed by atoms with E-state index in [1.165, 1.54) is 11.8 Å². The first-order chi connectivity index (χ1) is 9.46. The summed E-state index contributed by atoms with van der Waals surface area (Å²) >= 11 is 7.32. The first-order valence-electron chi connectivity index (χ1n) is 6.81. The van der Waals surface area contributed by atoms with E-state index in [4.69, 9.17) is 11.6 Å². The zero-order valence-corrected chi connectivity index (χ0v) is 13.7. The summed E-state index contributed by atoms with van der Waals surface area (Å²) in [4.78, 5) is 13.2. The van der Waals surface area contributed by atoms with Crippen molar-refractivity contribution in [2.24, 2.45) is 0 Å². The molecule has 0 radical (unpaired) electrons. The fourth-order valence-electron chi connectivity index (χ4n) is 1.82. The minimum atomic E-state index is -0.508. The van der Waals surface area contributed by atoms with Gasteiger partial charge < -0.3 is 10.4 Å². The number of amides is 1. The smallest absolute Gasteiger partial charge is 0.233 e. The molecule has 0 fully saturated rings. The predicted octanol–water partition coefficient (Wildman–Crippen LogP) is 3.49. The first-order valence-corrected chi connectivity index (χ1v) is 8.07. The highest BCUT2D eigenvalue weighted by Gasteiger charge is 2.29. The molecule has 0 saturated heterocycles. The summed E-state index contributed by atoms with van der Waals surface area (Å²) < 4.78 is 0. The molecule has 1 amide bonds. The molecule has 0 spiro atoms. The fraction of sp³-hybridized carbons (Fsp3) is 0.533. The lowest BCUT2D eigenvalue weighted by Gasteiger charge is -2.31. The van der Waals surface area contributed by atoms with Gasteiger partial charge in [-0.3, -0.25) is 4.79 Å². The van der Waals surface area contributed by atoms with Gasteiger partial charge in [0.2, 0.25) is 5.91 Å². The summed E-state index contributed by atoms with van der Waals surface area (Å²) in [5, 5.41) is 12.9. The van der Waals surface area contributed by atoms with E-state index in [2.05, 4.69) is 5.32 Å². The van der Waals surface area contributed by atoms with Crippen LogP contribution in [0, 0.1) is 0 Å². The van der Waals surface area contributed by atoms with Crippen LogP contribution in [0.4, 0.5) is 0 Å². The van der Waals surface area contributed by atoms with E-state index in [0.717, 1.165) is 4.90 Å². The zero-order valence-electron chi connectivity index (χ0n) is 12.1. The van der Waals surface area contributed by atoms with Gasteiger partial charge in [0.15, 0.2) is 0 Å². The lowest BCUT2D eigenvalue weighted by molar-refractivity contribution is -0.123. The van der Waals surface area contributed by atoms with Gasteiger partial charge in [0.05, 0.1) is 17.4 Å². The van der Waals surface area contributed by atoms with Crippen molar-refractivity contribution >= 4 is 29.3 Å². The van der Waals surface area contributed by atoms with Crippen LogP contribution in [0.15, 0.2) is 29.2 Å². The van der Waals surface area contributed by atoms with Crippen LogP contribution in [0.1, 0.15) is 33.6 Å². The van der Waals surface area contributed by atoms with Gasteiger partial charge in [-0.1, -0.05) is 25.4 Å². The van der Waals surface area contributed by atoms with Gasteiger partial charge in [-0.2, -0.15) is 0 Å². The van der Waals surface area contributed by atoms with E-state index in [-0.39, 0.29) is 17.8 Å². The molecule has 3 nitrogen and oxygen atoms in total. The molecule has 0 saturated carbocycles. The number of nitrogens with one attached hydrogen (secondary N) is 1. The lowest BCUT2D eigenvalue weighted by Crippen LogP contribution is -2.52. The van der Waals surface area contributed by atoms with Gasteiger partial charge in [0.25, 0.3) is 0 Å². The van der Waals surface area contributed by atoms with Crippen molar-refractivity contribution in [2.45, 2.75) is 49.3 Å². The number of aliphatic hydroxyl groups is 1. The molecule has 0 heterocycles. The number of halogens is 1. The largest absolute Gasteiger partial charge is 0.394 e. The number of thioether (sulfide) groups is 1. The quantitative estimate of drug-likeness (QED) is 0.757. The van der Waals surface area contributed by atoms with Crippen molar-refractivity contribution in [1.82, 2.24) is 5.32 Å². The molecule has 0 aliphatic rings. The van der Waals surface area contributed by atoms with Crippen LogP contribution in [0.2, 0.25) is 5.02 Å². The maximum atomic E-state index is 12.2. The summed E-state index contributed by atoms with van der Waals surface area (Å²) in [5.74, 6) is -0.0531. The van der Waals surface area contributed by atoms with Gasteiger partial charge in [0, 0.05) is 9.92 Å². The minimum Gasteiger partial charge on any atom is -0.394 e. The molecular weight excluding hydrogens is 294 g/mol. The second kappa shape index (κ2) is 7.91. The van der Waals surface area contributed by atoms with E-state index in [1.807, 2.05) is 45.0 Å². The predicted molar refractivity (Wildman–Crippen MR) is 85.3 cm³/mol. The van der Waals surface area contributed by atoms with Crippen molar-refractivity contribution in [3.8, 4) is 0 Å². The average molecular weight is 316 g/mol. The molecule has 0 aliphatic heterocycles. The monoisotopic (exact) mass is 315 g/mol. The number of hydrogen-bond donors (Lipinski definition) is 2. The van der Waals surface area contributed by atoms with Crippen molar-refractivity contribution in [3.05, 3.63) is 29.3 Å². The van der Waals surface area contributed by atoms with Gasteiger partial charge in [-0.15, -0.1) is 11.8 Å². The average Bonchev–Trinajstić information content (AvgIpc) is 2.47. The number of carbonyl (C=O) groups excluding carboxylic acids is 1. The molecule has 112 valence electrons. The molecule has 0 aromatic heterocycles. The molecule has 1 unspecified atom stereocenters. The standard InChI is InChI=1S/C15H22ClNO2S/c1-4-15(5-2,10-18)17-14(19)11(3)20-13-8-6-12(16)7-9-13/h6-9,11,18H,4-5,10H2,1-3H3,(H,17,19). The number of rotatable bonds is 7. The second-order valence-electron chi connectivity index (χ2n) is 4.85. The molecule has 5 heteroatoms. The highest BCUT2D eigenvalue weighted by Crippen LogP contribution is 2.25. The summed E-state index contributed by atoms with van der Waals surface area (Å²) in [6, 6.07) is 7.42. The van der Waals surface area contributed by atoms with E-state index in [9.17, 15) is 9.90 Å². The number of hydrogen-bond acceptors (Lipinski definition) is 3. The maximum Gasteiger partial charge on any atom is 0.233 e. The molecule has 1 aromatic rings. The van der Waals surface area contributed by atoms with Crippen LogP contribution in [-0.4, -0.2) is 28.4 Å². The van der Waals surface area contributed by atoms with E-state index in [1.54, 1.807) is 0 Å². The van der Waals surface area contributed by atoms with Crippen LogP contribution >= 0.6 is 23.4 Å². The van der Waals surface area contributed by atoms with Gasteiger partial charge in [-0.05, 0) is 44.0 Å². The molecule has 0 bridgehead atoms. The molecule has 20 heavy (non-hydrogen) atoms. The Kier molecular flexibility index (Phi) is 6.86. The highest BCUT2D eigenvalue weighted by molar-refractivity contribution is 8.00. The van der Waals surface area contributed by atoms with Gasteiger partial charge >= 0.3 is 0 Å².